The van der Waals surface area contributed by atoms with Gasteiger partial charge in [0.05, 0.1) is 0 Å². The van der Waals surface area contributed by atoms with Gasteiger partial charge in [-0.05, 0) is 47.5 Å². The van der Waals surface area contributed by atoms with Crippen molar-refractivity contribution in [3.8, 4) is 16.9 Å². The summed E-state index contributed by atoms with van der Waals surface area (Å²) in [6, 6.07) is 35.8. The summed E-state index contributed by atoms with van der Waals surface area (Å²) in [4.78, 5) is 2.09. The fraction of sp³-hybridized carbons (Fsp3) is 0. The van der Waals surface area contributed by atoms with Gasteiger partial charge in [-0.3, -0.25) is 0 Å². The molecule has 0 radical (unpaired) electrons. The van der Waals surface area contributed by atoms with Crippen molar-refractivity contribution in [3.05, 3.63) is 109 Å². The molecule has 142 valence electrons. The molecule has 0 saturated heterocycles. The Morgan fingerprint density at radius 1 is 0.552 bits per heavy atom. The molecule has 2 N–H and O–H groups in total. The van der Waals surface area contributed by atoms with Crippen LogP contribution in [0.3, 0.4) is 0 Å². The average Bonchev–Trinajstić information content (AvgIpc) is 2.76. The lowest BCUT2D eigenvalue weighted by atomic mass is 10.0. The van der Waals surface area contributed by atoms with E-state index in [0.29, 0.717) is 5.75 Å². The lowest BCUT2D eigenvalue weighted by Gasteiger charge is -2.26. The lowest BCUT2D eigenvalue weighted by molar-refractivity contribution is 0.288. The van der Waals surface area contributed by atoms with Crippen molar-refractivity contribution in [1.82, 2.24) is 0 Å². The number of para-hydroxylation sites is 1. The van der Waals surface area contributed by atoms with Crippen LogP contribution < -0.4 is 9.55 Å². The normalized spacial score (nSPS) is 10.4. The highest BCUT2D eigenvalue weighted by molar-refractivity contribution is 6.33. The molecular formula is C24H20BNO3. The van der Waals surface area contributed by atoms with E-state index in [1.807, 2.05) is 60.7 Å². The van der Waals surface area contributed by atoms with Crippen molar-refractivity contribution >= 4 is 24.4 Å². The first-order valence-electron chi connectivity index (χ1n) is 9.34. The second-order valence-corrected chi connectivity index (χ2v) is 6.53. The Balaban J connectivity index is 1.74. The second-order valence-electron chi connectivity index (χ2n) is 6.53. The van der Waals surface area contributed by atoms with Crippen LogP contribution in [0.4, 0.5) is 17.1 Å². The molecule has 0 aromatic heterocycles. The van der Waals surface area contributed by atoms with Gasteiger partial charge in [0.2, 0.25) is 0 Å². The van der Waals surface area contributed by atoms with Crippen LogP contribution in [0.15, 0.2) is 109 Å². The molecule has 4 aromatic rings. The van der Waals surface area contributed by atoms with E-state index in [1.54, 1.807) is 12.1 Å². The number of nitrogens with zero attached hydrogens (tertiary/aromatic N) is 1. The summed E-state index contributed by atoms with van der Waals surface area (Å²) >= 11 is 0. The number of rotatable bonds is 6. The topological polar surface area (TPSA) is 52.9 Å². The summed E-state index contributed by atoms with van der Waals surface area (Å²) in [5.74, 6) is 0.374. The molecule has 0 atom stereocenters. The Bertz CT molecular complexity index is 1050. The van der Waals surface area contributed by atoms with Crippen LogP contribution in [0, 0.1) is 0 Å². The molecule has 0 heterocycles. The van der Waals surface area contributed by atoms with E-state index in [4.69, 9.17) is 14.7 Å². The van der Waals surface area contributed by atoms with Gasteiger partial charge in [0.15, 0.2) is 0 Å². The molecule has 4 rings (SSSR count). The van der Waals surface area contributed by atoms with E-state index in [2.05, 4.69) is 41.3 Å². The van der Waals surface area contributed by atoms with E-state index in [9.17, 15) is 0 Å². The third-order valence-electron chi connectivity index (χ3n) is 4.56. The molecule has 0 unspecified atom stereocenters. The standard InChI is InChI=1S/C24H20BNO3/c27-25(28)29-24-13-7-12-23(18-24)26(21-10-5-2-6-11-21)22-16-14-20(15-17-22)19-8-3-1-4-9-19/h1-18,27-28H. The zero-order chi connectivity index (χ0) is 20.1. The molecular weight excluding hydrogens is 361 g/mol. The van der Waals surface area contributed by atoms with Gasteiger partial charge in [-0.1, -0.05) is 66.7 Å². The molecule has 0 aliphatic carbocycles. The van der Waals surface area contributed by atoms with Gasteiger partial charge in [-0.2, -0.15) is 0 Å². The van der Waals surface area contributed by atoms with Crippen molar-refractivity contribution in [2.45, 2.75) is 0 Å². The maximum absolute atomic E-state index is 9.13. The first kappa shape index (κ1) is 18.8. The summed E-state index contributed by atoms with van der Waals surface area (Å²) in [5.41, 5.74) is 5.13. The Morgan fingerprint density at radius 2 is 1.10 bits per heavy atom. The fourth-order valence-electron chi connectivity index (χ4n) is 3.28. The quantitative estimate of drug-likeness (QED) is 0.453. The van der Waals surface area contributed by atoms with Gasteiger partial charge >= 0.3 is 7.32 Å². The molecule has 0 bridgehead atoms. The van der Waals surface area contributed by atoms with E-state index in [-0.39, 0.29) is 0 Å². The summed E-state index contributed by atoms with van der Waals surface area (Å²) in [6.45, 7) is 0. The molecule has 0 saturated carbocycles. The highest BCUT2D eigenvalue weighted by Crippen LogP contribution is 2.36. The van der Waals surface area contributed by atoms with Crippen molar-refractivity contribution in [2.24, 2.45) is 0 Å². The Labute approximate surface area is 170 Å². The minimum absolute atomic E-state index is 0.374. The first-order valence-corrected chi connectivity index (χ1v) is 9.34. The van der Waals surface area contributed by atoms with E-state index >= 15 is 0 Å². The molecule has 0 aliphatic rings. The van der Waals surface area contributed by atoms with Crippen LogP contribution in [0.1, 0.15) is 0 Å². The summed E-state index contributed by atoms with van der Waals surface area (Å²) in [7, 11) is -1.86. The SMILES string of the molecule is OB(O)Oc1cccc(N(c2ccccc2)c2ccc(-c3ccccc3)cc2)c1. The smallest absolute Gasteiger partial charge is 0.512 e. The Morgan fingerprint density at radius 3 is 1.76 bits per heavy atom. The molecule has 29 heavy (non-hydrogen) atoms. The third kappa shape index (κ3) is 4.49. The van der Waals surface area contributed by atoms with Crippen molar-refractivity contribution < 1.29 is 14.7 Å². The number of hydrogen-bond acceptors (Lipinski definition) is 4. The summed E-state index contributed by atoms with van der Waals surface area (Å²) < 4.78 is 5.04. The average molecular weight is 381 g/mol. The van der Waals surface area contributed by atoms with Crippen LogP contribution in [0.25, 0.3) is 11.1 Å². The van der Waals surface area contributed by atoms with Crippen LogP contribution in [-0.2, 0) is 0 Å². The van der Waals surface area contributed by atoms with Crippen LogP contribution in [-0.4, -0.2) is 17.4 Å². The van der Waals surface area contributed by atoms with Crippen LogP contribution in [0.2, 0.25) is 0 Å². The number of benzene rings is 4. The zero-order valence-corrected chi connectivity index (χ0v) is 15.7. The molecule has 0 amide bonds. The Kier molecular flexibility index (Phi) is 5.61. The first-order chi connectivity index (χ1) is 14.2. The number of anilines is 3. The lowest BCUT2D eigenvalue weighted by Crippen LogP contribution is -2.20. The van der Waals surface area contributed by atoms with Crippen LogP contribution in [0.5, 0.6) is 5.75 Å². The predicted octanol–water partition coefficient (Wildman–Crippen LogP) is 5.17. The maximum Gasteiger partial charge on any atom is 0.707 e. The van der Waals surface area contributed by atoms with E-state index < -0.39 is 7.32 Å². The number of hydrogen-bond donors (Lipinski definition) is 2. The minimum Gasteiger partial charge on any atom is -0.512 e. The van der Waals surface area contributed by atoms with Gasteiger partial charge in [0.25, 0.3) is 0 Å². The van der Waals surface area contributed by atoms with Gasteiger partial charge < -0.3 is 19.6 Å². The van der Waals surface area contributed by atoms with Gasteiger partial charge in [-0.15, -0.1) is 0 Å². The molecule has 5 heteroatoms. The monoisotopic (exact) mass is 381 g/mol. The summed E-state index contributed by atoms with van der Waals surface area (Å²) in [5, 5.41) is 18.3. The van der Waals surface area contributed by atoms with Crippen molar-refractivity contribution in [1.29, 1.82) is 0 Å². The van der Waals surface area contributed by atoms with E-state index in [1.165, 1.54) is 0 Å². The van der Waals surface area contributed by atoms with Gasteiger partial charge in [0.1, 0.15) is 5.75 Å². The fourth-order valence-corrected chi connectivity index (χ4v) is 3.28. The molecule has 0 spiro atoms. The molecule has 4 aromatic carbocycles. The highest BCUT2D eigenvalue weighted by atomic mass is 16.6. The van der Waals surface area contributed by atoms with Crippen molar-refractivity contribution in [2.75, 3.05) is 4.90 Å². The van der Waals surface area contributed by atoms with E-state index in [0.717, 1.165) is 28.2 Å². The Hall–Kier alpha value is -3.54. The van der Waals surface area contributed by atoms with Crippen molar-refractivity contribution in [3.63, 3.8) is 0 Å². The third-order valence-corrected chi connectivity index (χ3v) is 4.56. The molecule has 4 nitrogen and oxygen atoms in total. The van der Waals surface area contributed by atoms with Gasteiger partial charge in [-0.25, -0.2) is 0 Å². The molecule has 0 aliphatic heterocycles. The summed E-state index contributed by atoms with van der Waals surface area (Å²) in [6.07, 6.45) is 0. The highest BCUT2D eigenvalue weighted by Gasteiger charge is 2.15. The largest absolute Gasteiger partial charge is 0.707 e. The maximum atomic E-state index is 9.13. The minimum atomic E-state index is -1.86. The second kappa shape index (κ2) is 8.65. The molecule has 0 fully saturated rings. The van der Waals surface area contributed by atoms with Crippen LogP contribution >= 0.6 is 0 Å². The van der Waals surface area contributed by atoms with Gasteiger partial charge in [0, 0.05) is 23.1 Å². The zero-order valence-electron chi connectivity index (χ0n) is 15.7. The predicted molar refractivity (Wildman–Crippen MR) is 117 cm³/mol.